The molecule has 0 atom stereocenters. The van der Waals surface area contributed by atoms with E-state index in [-0.39, 0.29) is 10.6 Å². The average Bonchev–Trinajstić information content (AvgIpc) is 3.14. The van der Waals surface area contributed by atoms with Crippen LogP contribution in [-0.4, -0.2) is 37.1 Å². The molecule has 0 radical (unpaired) electrons. The third kappa shape index (κ3) is 3.86. The minimum atomic E-state index is -6.12. The van der Waals surface area contributed by atoms with Crippen molar-refractivity contribution < 1.29 is 39.0 Å². The molecule has 1 aliphatic rings. The number of nitrogens with zero attached hydrogens (tertiary/aromatic N) is 2. The van der Waals surface area contributed by atoms with Crippen LogP contribution >= 0.6 is 0 Å². The van der Waals surface area contributed by atoms with Gasteiger partial charge in [-0.3, -0.25) is 4.79 Å². The SMILES string of the molecule is Cc1ccc(S(=O)(=O)N2Cc3cccn3-c3cccc(OS(=O)(=O)C(F)(F)F)c3C2=O)cc1. The second-order valence-corrected chi connectivity index (χ2v) is 10.5. The summed E-state index contributed by atoms with van der Waals surface area (Å²) in [7, 11) is -10.6. The van der Waals surface area contributed by atoms with Crippen molar-refractivity contribution in [3.63, 3.8) is 0 Å². The number of benzene rings is 2. The summed E-state index contributed by atoms with van der Waals surface area (Å²) in [6, 6.07) is 12.1. The maximum atomic E-state index is 13.4. The Labute approximate surface area is 187 Å². The van der Waals surface area contributed by atoms with Crippen molar-refractivity contribution in [2.75, 3.05) is 0 Å². The highest BCUT2D eigenvalue weighted by atomic mass is 32.2. The highest BCUT2D eigenvalue weighted by molar-refractivity contribution is 7.89. The fourth-order valence-corrected chi connectivity index (χ4v) is 5.14. The monoisotopic (exact) mass is 500 g/mol. The predicted octanol–water partition coefficient (Wildman–Crippen LogP) is 3.36. The summed E-state index contributed by atoms with van der Waals surface area (Å²) in [6.45, 7) is 1.30. The van der Waals surface area contributed by atoms with Crippen molar-refractivity contribution in [1.82, 2.24) is 8.87 Å². The molecule has 1 aromatic heterocycles. The Morgan fingerprint density at radius 2 is 1.61 bits per heavy atom. The molecule has 0 aliphatic carbocycles. The molecule has 8 nitrogen and oxygen atoms in total. The Balaban J connectivity index is 1.92. The van der Waals surface area contributed by atoms with Crippen LogP contribution in [0.1, 0.15) is 21.6 Å². The maximum Gasteiger partial charge on any atom is 0.534 e. The molecule has 1 amide bonds. The average molecular weight is 500 g/mol. The minimum absolute atomic E-state index is 0.0310. The summed E-state index contributed by atoms with van der Waals surface area (Å²) in [5, 5.41) is 0. The van der Waals surface area contributed by atoms with E-state index in [1.165, 1.54) is 53.2 Å². The standard InChI is InChI=1S/C20H15F3N2O6S2/c1-13-7-9-15(10-8-13)32(27,28)25-12-14-4-3-11-24(14)16-5-2-6-17(18(16)19(25)26)31-33(29,30)20(21,22)23/h2-11H,12H2,1H3. The van der Waals surface area contributed by atoms with Gasteiger partial charge >= 0.3 is 15.6 Å². The van der Waals surface area contributed by atoms with Crippen molar-refractivity contribution in [1.29, 1.82) is 0 Å². The molecule has 13 heteroatoms. The molecule has 0 N–H and O–H groups in total. The fraction of sp³-hybridized carbons (Fsp3) is 0.150. The Bertz CT molecular complexity index is 1460. The van der Waals surface area contributed by atoms with Gasteiger partial charge in [0.05, 0.1) is 17.1 Å². The second-order valence-electron chi connectivity index (χ2n) is 7.13. The third-order valence-electron chi connectivity index (χ3n) is 4.93. The van der Waals surface area contributed by atoms with Crippen molar-refractivity contribution in [2.24, 2.45) is 0 Å². The quantitative estimate of drug-likeness (QED) is 0.402. The molecule has 0 spiro atoms. The minimum Gasteiger partial charge on any atom is -0.375 e. The van der Waals surface area contributed by atoms with Gasteiger partial charge in [-0.25, -0.2) is 12.7 Å². The van der Waals surface area contributed by atoms with E-state index in [2.05, 4.69) is 4.18 Å². The Kier molecular flexibility index (Phi) is 5.28. The Morgan fingerprint density at radius 1 is 0.939 bits per heavy atom. The molecule has 3 aromatic rings. The van der Waals surface area contributed by atoms with Gasteiger partial charge in [-0.05, 0) is 43.3 Å². The first-order valence-corrected chi connectivity index (χ1v) is 12.1. The van der Waals surface area contributed by atoms with Gasteiger partial charge in [0, 0.05) is 11.9 Å². The molecule has 4 rings (SSSR count). The molecular weight excluding hydrogens is 485 g/mol. The highest BCUT2D eigenvalue weighted by Crippen LogP contribution is 2.36. The van der Waals surface area contributed by atoms with Gasteiger partial charge in [0.2, 0.25) is 0 Å². The lowest BCUT2D eigenvalue weighted by Crippen LogP contribution is -2.36. The number of hydrogen-bond acceptors (Lipinski definition) is 6. The maximum absolute atomic E-state index is 13.4. The zero-order valence-electron chi connectivity index (χ0n) is 16.8. The number of halogens is 3. The van der Waals surface area contributed by atoms with E-state index in [9.17, 15) is 34.8 Å². The summed E-state index contributed by atoms with van der Waals surface area (Å²) in [4.78, 5) is 13.2. The number of rotatable bonds is 4. The van der Waals surface area contributed by atoms with Crippen molar-refractivity contribution >= 4 is 26.0 Å². The molecule has 0 saturated carbocycles. The number of amides is 1. The van der Waals surface area contributed by atoms with E-state index >= 15 is 0 Å². The largest absolute Gasteiger partial charge is 0.534 e. The van der Waals surface area contributed by atoms with Gasteiger partial charge in [0.1, 0.15) is 5.56 Å². The Morgan fingerprint density at radius 3 is 2.24 bits per heavy atom. The van der Waals surface area contributed by atoms with E-state index in [1.807, 2.05) is 0 Å². The summed E-state index contributed by atoms with van der Waals surface area (Å²) in [5.74, 6) is -2.18. The van der Waals surface area contributed by atoms with Crippen LogP contribution < -0.4 is 4.18 Å². The first-order chi connectivity index (χ1) is 15.3. The van der Waals surface area contributed by atoms with Gasteiger partial charge in [0.25, 0.3) is 15.9 Å². The summed E-state index contributed by atoms with van der Waals surface area (Å²) in [6.07, 6.45) is 1.46. The second kappa shape index (κ2) is 7.63. The number of carbonyl (C=O) groups excluding carboxylic acids is 1. The fourth-order valence-electron chi connectivity index (χ4n) is 3.33. The lowest BCUT2D eigenvalue weighted by atomic mass is 10.1. The lowest BCUT2D eigenvalue weighted by molar-refractivity contribution is -0.0500. The lowest BCUT2D eigenvalue weighted by Gasteiger charge is -2.22. The van der Waals surface area contributed by atoms with Crippen molar-refractivity contribution in [3.05, 3.63) is 77.6 Å². The van der Waals surface area contributed by atoms with Crippen LogP contribution in [0.5, 0.6) is 5.75 Å². The molecule has 33 heavy (non-hydrogen) atoms. The number of alkyl halides is 3. The topological polar surface area (TPSA) is 103 Å². The number of carbonyl (C=O) groups is 1. The third-order valence-corrected chi connectivity index (χ3v) is 7.64. The van der Waals surface area contributed by atoms with Gasteiger partial charge in [-0.2, -0.15) is 21.6 Å². The van der Waals surface area contributed by atoms with E-state index in [1.54, 1.807) is 13.0 Å². The van der Waals surface area contributed by atoms with Crippen molar-refractivity contribution in [3.8, 4) is 11.4 Å². The van der Waals surface area contributed by atoms with Gasteiger partial charge in [-0.1, -0.05) is 23.8 Å². The molecular formula is C20H15F3N2O6S2. The van der Waals surface area contributed by atoms with Gasteiger partial charge in [0.15, 0.2) is 5.75 Å². The van der Waals surface area contributed by atoms with Crippen LogP contribution in [0, 0.1) is 6.92 Å². The van der Waals surface area contributed by atoms with Crippen LogP contribution in [-0.2, 0) is 26.7 Å². The van der Waals surface area contributed by atoms with E-state index in [4.69, 9.17) is 0 Å². The normalized spacial score (nSPS) is 14.4. The molecule has 0 fully saturated rings. The first-order valence-electron chi connectivity index (χ1n) is 9.27. The molecule has 1 aliphatic heterocycles. The Hall–Kier alpha value is -3.32. The summed E-state index contributed by atoms with van der Waals surface area (Å²) in [5.41, 5.74) is -5.33. The van der Waals surface area contributed by atoms with E-state index in [0.29, 0.717) is 10.00 Å². The van der Waals surface area contributed by atoms with Gasteiger partial charge in [-0.15, -0.1) is 0 Å². The van der Waals surface area contributed by atoms with Crippen molar-refractivity contribution in [2.45, 2.75) is 23.9 Å². The molecule has 0 saturated heterocycles. The van der Waals surface area contributed by atoms with Gasteiger partial charge < -0.3 is 8.75 Å². The molecule has 2 aromatic carbocycles. The highest BCUT2D eigenvalue weighted by Gasteiger charge is 2.49. The zero-order chi connectivity index (χ0) is 24.2. The molecule has 174 valence electrons. The molecule has 0 unspecified atom stereocenters. The van der Waals surface area contributed by atoms with Crippen LogP contribution in [0.3, 0.4) is 0 Å². The zero-order valence-corrected chi connectivity index (χ0v) is 18.4. The number of sulfonamides is 1. The smallest absolute Gasteiger partial charge is 0.375 e. The summed E-state index contributed by atoms with van der Waals surface area (Å²) >= 11 is 0. The molecule has 0 bridgehead atoms. The number of fused-ring (bicyclic) bond motifs is 3. The van der Waals surface area contributed by atoms with Crippen LogP contribution in [0.2, 0.25) is 0 Å². The summed E-state index contributed by atoms with van der Waals surface area (Å²) < 4.78 is 94.8. The van der Waals surface area contributed by atoms with Crippen LogP contribution in [0.4, 0.5) is 13.2 Å². The predicted molar refractivity (Wildman–Crippen MR) is 110 cm³/mol. The number of aryl methyl sites for hydroxylation is 1. The van der Waals surface area contributed by atoms with E-state index in [0.717, 1.165) is 11.6 Å². The number of aromatic nitrogens is 1. The van der Waals surface area contributed by atoms with E-state index < -0.39 is 49.4 Å². The molecule has 2 heterocycles. The first kappa shape index (κ1) is 22.9. The number of hydrogen-bond donors (Lipinski definition) is 0. The van der Waals surface area contributed by atoms with Crippen LogP contribution in [0.15, 0.2) is 65.7 Å². The van der Waals surface area contributed by atoms with Crippen LogP contribution in [0.25, 0.3) is 5.69 Å².